The summed E-state index contributed by atoms with van der Waals surface area (Å²) in [6.07, 6.45) is 5.80. The first-order chi connectivity index (χ1) is 6.83. The molecule has 0 nitrogen and oxygen atoms in total. The Bertz CT molecular complexity index is 345. The van der Waals surface area contributed by atoms with Crippen molar-refractivity contribution in [1.82, 2.24) is 0 Å². The lowest BCUT2D eigenvalue weighted by atomic mass is 9.83. The first kappa shape index (κ1) is 8.79. The zero-order valence-electron chi connectivity index (χ0n) is 8.25. The molecular formula is C13H15Cl. The molecular weight excluding hydrogens is 192 g/mol. The van der Waals surface area contributed by atoms with E-state index in [-0.39, 0.29) is 0 Å². The Labute approximate surface area is 90.3 Å². The molecule has 2 aliphatic rings. The molecule has 0 aliphatic heterocycles. The molecule has 0 N–H and O–H groups in total. The van der Waals surface area contributed by atoms with E-state index in [1.54, 1.807) is 0 Å². The van der Waals surface area contributed by atoms with Crippen molar-refractivity contribution in [2.75, 3.05) is 0 Å². The van der Waals surface area contributed by atoms with E-state index in [0.717, 1.165) is 22.8 Å². The van der Waals surface area contributed by atoms with E-state index in [4.69, 9.17) is 11.6 Å². The Hall–Kier alpha value is -0.490. The van der Waals surface area contributed by atoms with Gasteiger partial charge in [0, 0.05) is 5.02 Å². The molecule has 1 aromatic carbocycles. The third-order valence-corrected chi connectivity index (χ3v) is 4.25. The van der Waals surface area contributed by atoms with E-state index in [1.165, 1.54) is 31.2 Å². The van der Waals surface area contributed by atoms with Crippen molar-refractivity contribution >= 4 is 11.6 Å². The van der Waals surface area contributed by atoms with Gasteiger partial charge in [0.1, 0.15) is 0 Å². The topological polar surface area (TPSA) is 0 Å². The molecule has 2 fully saturated rings. The molecule has 3 unspecified atom stereocenters. The number of fused-ring (bicyclic) bond motifs is 2. The number of hydrogen-bond donors (Lipinski definition) is 0. The van der Waals surface area contributed by atoms with Crippen LogP contribution in [0.5, 0.6) is 0 Å². The minimum Gasteiger partial charge on any atom is -0.0843 e. The summed E-state index contributed by atoms with van der Waals surface area (Å²) in [5.74, 6) is 2.79. The monoisotopic (exact) mass is 206 g/mol. The molecule has 0 heterocycles. The van der Waals surface area contributed by atoms with Gasteiger partial charge in [-0.05, 0) is 54.7 Å². The van der Waals surface area contributed by atoms with Gasteiger partial charge in [0.25, 0.3) is 0 Å². The van der Waals surface area contributed by atoms with Crippen LogP contribution in [0.15, 0.2) is 24.3 Å². The summed E-state index contributed by atoms with van der Waals surface area (Å²) in [6.45, 7) is 0. The fraction of sp³-hybridized carbons (Fsp3) is 0.538. The van der Waals surface area contributed by atoms with Crippen molar-refractivity contribution in [2.45, 2.75) is 31.6 Å². The minimum atomic E-state index is 0.812. The minimum absolute atomic E-state index is 0.812. The highest BCUT2D eigenvalue weighted by Gasteiger charge is 2.39. The van der Waals surface area contributed by atoms with Crippen LogP contribution in [0.3, 0.4) is 0 Å². The molecule has 1 aromatic rings. The predicted molar refractivity (Wildman–Crippen MR) is 59.6 cm³/mol. The van der Waals surface area contributed by atoms with Crippen LogP contribution in [0.4, 0.5) is 0 Å². The SMILES string of the molecule is Clc1cccc(C2CC3CCC2C3)c1. The van der Waals surface area contributed by atoms with E-state index in [2.05, 4.69) is 18.2 Å². The van der Waals surface area contributed by atoms with Gasteiger partial charge in [-0.15, -0.1) is 0 Å². The number of benzene rings is 1. The molecule has 2 saturated carbocycles. The number of hydrogen-bond acceptors (Lipinski definition) is 0. The molecule has 3 rings (SSSR count). The second-order valence-electron chi connectivity index (χ2n) is 4.84. The predicted octanol–water partition coefficient (Wildman–Crippen LogP) is 4.24. The van der Waals surface area contributed by atoms with E-state index in [9.17, 15) is 0 Å². The van der Waals surface area contributed by atoms with Crippen LogP contribution in [-0.2, 0) is 0 Å². The van der Waals surface area contributed by atoms with Crippen LogP contribution in [0.2, 0.25) is 5.02 Å². The summed E-state index contributed by atoms with van der Waals surface area (Å²) in [7, 11) is 0. The molecule has 3 atom stereocenters. The molecule has 0 amide bonds. The summed E-state index contributed by atoms with van der Waals surface area (Å²) in [5, 5.41) is 0.894. The Kier molecular flexibility index (Phi) is 2.05. The first-order valence-electron chi connectivity index (χ1n) is 5.58. The van der Waals surface area contributed by atoms with Gasteiger partial charge in [-0.1, -0.05) is 30.2 Å². The molecule has 2 aliphatic carbocycles. The van der Waals surface area contributed by atoms with Crippen molar-refractivity contribution in [2.24, 2.45) is 11.8 Å². The van der Waals surface area contributed by atoms with Gasteiger partial charge >= 0.3 is 0 Å². The maximum Gasteiger partial charge on any atom is 0.0408 e. The molecule has 14 heavy (non-hydrogen) atoms. The average Bonchev–Trinajstić information content (AvgIpc) is 2.78. The number of rotatable bonds is 1. The lowest BCUT2D eigenvalue weighted by molar-refractivity contribution is 0.420. The van der Waals surface area contributed by atoms with E-state index in [1.807, 2.05) is 6.07 Å². The highest BCUT2D eigenvalue weighted by atomic mass is 35.5. The average molecular weight is 207 g/mol. The Morgan fingerprint density at radius 2 is 2.07 bits per heavy atom. The van der Waals surface area contributed by atoms with Gasteiger partial charge in [0.2, 0.25) is 0 Å². The first-order valence-corrected chi connectivity index (χ1v) is 5.96. The summed E-state index contributed by atoms with van der Waals surface area (Å²) in [5.41, 5.74) is 1.48. The Balaban J connectivity index is 1.89. The van der Waals surface area contributed by atoms with E-state index in [0.29, 0.717) is 0 Å². The van der Waals surface area contributed by atoms with Crippen LogP contribution >= 0.6 is 11.6 Å². The van der Waals surface area contributed by atoms with Crippen molar-refractivity contribution in [1.29, 1.82) is 0 Å². The molecule has 74 valence electrons. The van der Waals surface area contributed by atoms with Crippen LogP contribution < -0.4 is 0 Å². The van der Waals surface area contributed by atoms with Gasteiger partial charge in [0.15, 0.2) is 0 Å². The van der Waals surface area contributed by atoms with Gasteiger partial charge in [0.05, 0.1) is 0 Å². The van der Waals surface area contributed by atoms with Crippen LogP contribution in [0.25, 0.3) is 0 Å². The lowest BCUT2D eigenvalue weighted by Crippen LogP contribution is -2.08. The molecule has 0 aromatic heterocycles. The fourth-order valence-electron chi connectivity index (χ4n) is 3.39. The van der Waals surface area contributed by atoms with Crippen molar-refractivity contribution in [3.8, 4) is 0 Å². The van der Waals surface area contributed by atoms with Gasteiger partial charge in [-0.25, -0.2) is 0 Å². The summed E-state index contributed by atoms with van der Waals surface area (Å²) in [4.78, 5) is 0. The van der Waals surface area contributed by atoms with Crippen LogP contribution in [0, 0.1) is 11.8 Å². The largest absolute Gasteiger partial charge is 0.0843 e. The Morgan fingerprint density at radius 1 is 1.14 bits per heavy atom. The number of halogens is 1. The second kappa shape index (κ2) is 3.27. The Morgan fingerprint density at radius 3 is 2.71 bits per heavy atom. The molecule has 0 spiro atoms. The quantitative estimate of drug-likeness (QED) is 0.645. The van der Waals surface area contributed by atoms with Crippen molar-refractivity contribution < 1.29 is 0 Å². The van der Waals surface area contributed by atoms with E-state index < -0.39 is 0 Å². The molecule has 1 heteroatoms. The maximum absolute atomic E-state index is 6.03. The maximum atomic E-state index is 6.03. The highest BCUT2D eigenvalue weighted by molar-refractivity contribution is 6.30. The van der Waals surface area contributed by atoms with Crippen molar-refractivity contribution in [3.05, 3.63) is 34.9 Å². The van der Waals surface area contributed by atoms with Gasteiger partial charge in [-0.2, -0.15) is 0 Å². The molecule has 0 saturated heterocycles. The van der Waals surface area contributed by atoms with Crippen LogP contribution in [-0.4, -0.2) is 0 Å². The van der Waals surface area contributed by atoms with E-state index >= 15 is 0 Å². The third-order valence-electron chi connectivity index (χ3n) is 4.01. The van der Waals surface area contributed by atoms with Gasteiger partial charge in [-0.3, -0.25) is 0 Å². The third kappa shape index (κ3) is 1.37. The zero-order chi connectivity index (χ0) is 9.54. The molecule has 2 bridgehead atoms. The molecule has 0 radical (unpaired) electrons. The van der Waals surface area contributed by atoms with Crippen LogP contribution in [0.1, 0.15) is 37.2 Å². The standard InChI is InChI=1S/C13H15Cl/c14-12-3-1-2-10(8-12)13-7-9-4-5-11(13)6-9/h1-3,8-9,11,13H,4-7H2. The highest BCUT2D eigenvalue weighted by Crippen LogP contribution is 2.52. The van der Waals surface area contributed by atoms with Crippen molar-refractivity contribution in [3.63, 3.8) is 0 Å². The normalized spacial score (nSPS) is 35.1. The summed E-state index contributed by atoms with van der Waals surface area (Å²) in [6, 6.07) is 8.46. The summed E-state index contributed by atoms with van der Waals surface area (Å²) < 4.78 is 0. The second-order valence-corrected chi connectivity index (χ2v) is 5.27. The summed E-state index contributed by atoms with van der Waals surface area (Å²) >= 11 is 6.03. The van der Waals surface area contributed by atoms with Gasteiger partial charge < -0.3 is 0 Å². The fourth-order valence-corrected chi connectivity index (χ4v) is 3.59. The zero-order valence-corrected chi connectivity index (χ0v) is 9.00. The lowest BCUT2D eigenvalue weighted by Gasteiger charge is -2.22. The smallest absolute Gasteiger partial charge is 0.0408 e.